The average Bonchev–Trinajstić information content (AvgIpc) is 3.40. The number of rotatable bonds is 4. The molecule has 2 fully saturated rings. The fourth-order valence-corrected chi connectivity index (χ4v) is 3.88. The van der Waals surface area contributed by atoms with Gasteiger partial charge in [-0.2, -0.15) is 4.37 Å². The molecule has 1 aliphatic carbocycles. The molecular weight excluding hydrogens is 320 g/mol. The highest BCUT2D eigenvalue weighted by atomic mass is 32.1. The number of aromatic nitrogens is 2. The van der Waals surface area contributed by atoms with Crippen LogP contribution < -0.4 is 4.90 Å². The van der Waals surface area contributed by atoms with Gasteiger partial charge in [-0.3, -0.25) is 4.79 Å². The standard InChI is InChI=1S/C18H22N4OS/c23-17(15-7-8-15)21-9-4-10-22(12-11-21)18-19-16(20-24-18)13-14-5-2-1-3-6-14/h1-3,5-6,15H,4,7-13H2. The van der Waals surface area contributed by atoms with Gasteiger partial charge in [-0.15, -0.1) is 0 Å². The highest BCUT2D eigenvalue weighted by Gasteiger charge is 2.34. The molecule has 1 saturated heterocycles. The summed E-state index contributed by atoms with van der Waals surface area (Å²) in [6.45, 7) is 3.50. The predicted molar refractivity (Wildman–Crippen MR) is 95.3 cm³/mol. The molecule has 1 aromatic heterocycles. The number of hydrogen-bond donors (Lipinski definition) is 0. The van der Waals surface area contributed by atoms with E-state index in [2.05, 4.69) is 21.4 Å². The molecule has 2 aromatic rings. The van der Waals surface area contributed by atoms with E-state index in [0.717, 1.165) is 62.8 Å². The molecule has 0 bridgehead atoms. The van der Waals surface area contributed by atoms with Crippen molar-refractivity contribution in [2.75, 3.05) is 31.1 Å². The minimum absolute atomic E-state index is 0.315. The second kappa shape index (κ2) is 6.89. The molecule has 5 nitrogen and oxygen atoms in total. The maximum Gasteiger partial charge on any atom is 0.225 e. The van der Waals surface area contributed by atoms with Crippen LogP contribution in [0.15, 0.2) is 30.3 Å². The first-order valence-electron chi connectivity index (χ1n) is 8.70. The van der Waals surface area contributed by atoms with E-state index in [1.165, 1.54) is 17.1 Å². The van der Waals surface area contributed by atoms with Crippen LogP contribution in [0.1, 0.15) is 30.7 Å². The highest BCUT2D eigenvalue weighted by molar-refractivity contribution is 7.09. The Bertz CT molecular complexity index is 698. The Balaban J connectivity index is 1.38. The number of carbonyl (C=O) groups is 1. The fourth-order valence-electron chi connectivity index (χ4n) is 3.14. The zero-order valence-corrected chi connectivity index (χ0v) is 14.5. The summed E-state index contributed by atoms with van der Waals surface area (Å²) in [4.78, 5) is 21.3. The lowest BCUT2D eigenvalue weighted by Gasteiger charge is -2.21. The van der Waals surface area contributed by atoms with Crippen LogP contribution in [0.4, 0.5) is 5.13 Å². The van der Waals surface area contributed by atoms with Crippen molar-refractivity contribution in [1.29, 1.82) is 0 Å². The van der Waals surface area contributed by atoms with Crippen LogP contribution in [-0.4, -0.2) is 46.3 Å². The van der Waals surface area contributed by atoms with Crippen LogP contribution in [0, 0.1) is 5.92 Å². The third kappa shape index (κ3) is 3.59. The molecule has 1 amide bonds. The molecular formula is C18H22N4OS. The van der Waals surface area contributed by atoms with Crippen LogP contribution in [0.2, 0.25) is 0 Å². The number of carbonyl (C=O) groups excluding carboxylic acids is 1. The van der Waals surface area contributed by atoms with Crippen molar-refractivity contribution >= 4 is 22.6 Å². The molecule has 1 saturated carbocycles. The van der Waals surface area contributed by atoms with Crippen molar-refractivity contribution < 1.29 is 4.79 Å². The summed E-state index contributed by atoms with van der Waals surface area (Å²) in [5.74, 6) is 1.56. The molecule has 1 aliphatic heterocycles. The van der Waals surface area contributed by atoms with E-state index in [9.17, 15) is 4.79 Å². The Kier molecular flexibility index (Phi) is 4.47. The zero-order chi connectivity index (χ0) is 16.4. The molecule has 24 heavy (non-hydrogen) atoms. The quantitative estimate of drug-likeness (QED) is 0.857. The number of nitrogens with zero attached hydrogens (tertiary/aromatic N) is 4. The molecule has 0 N–H and O–H groups in total. The molecule has 2 aliphatic rings. The first kappa shape index (κ1) is 15.6. The van der Waals surface area contributed by atoms with Crippen LogP contribution in [0.5, 0.6) is 0 Å². The summed E-state index contributed by atoms with van der Waals surface area (Å²) < 4.78 is 4.52. The van der Waals surface area contributed by atoms with Crippen LogP contribution >= 0.6 is 11.5 Å². The van der Waals surface area contributed by atoms with Crippen molar-refractivity contribution in [2.24, 2.45) is 5.92 Å². The minimum atomic E-state index is 0.315. The Labute approximate surface area is 146 Å². The maximum atomic E-state index is 12.2. The first-order valence-corrected chi connectivity index (χ1v) is 9.47. The second-order valence-corrected chi connectivity index (χ2v) is 7.33. The monoisotopic (exact) mass is 342 g/mol. The molecule has 0 radical (unpaired) electrons. The third-order valence-electron chi connectivity index (χ3n) is 4.67. The van der Waals surface area contributed by atoms with Crippen molar-refractivity contribution in [3.05, 3.63) is 41.7 Å². The maximum absolute atomic E-state index is 12.2. The van der Waals surface area contributed by atoms with Gasteiger partial charge >= 0.3 is 0 Å². The van der Waals surface area contributed by atoms with Crippen molar-refractivity contribution in [3.8, 4) is 0 Å². The average molecular weight is 342 g/mol. The molecule has 4 rings (SSSR count). The molecule has 1 aromatic carbocycles. The summed E-state index contributed by atoms with van der Waals surface area (Å²) in [6.07, 6.45) is 3.94. The number of amides is 1. The van der Waals surface area contributed by atoms with Gasteiger partial charge in [0.05, 0.1) is 0 Å². The highest BCUT2D eigenvalue weighted by Crippen LogP contribution is 2.31. The van der Waals surface area contributed by atoms with E-state index < -0.39 is 0 Å². The van der Waals surface area contributed by atoms with Gasteiger partial charge in [0.25, 0.3) is 0 Å². The third-order valence-corrected chi connectivity index (χ3v) is 5.48. The Morgan fingerprint density at radius 2 is 1.96 bits per heavy atom. The lowest BCUT2D eigenvalue weighted by Crippen LogP contribution is -2.36. The number of anilines is 1. The van der Waals surface area contributed by atoms with Gasteiger partial charge in [-0.05, 0) is 24.8 Å². The SMILES string of the molecule is O=C(C1CC1)N1CCCN(c2nc(Cc3ccccc3)ns2)CC1. The van der Waals surface area contributed by atoms with E-state index >= 15 is 0 Å². The van der Waals surface area contributed by atoms with Crippen molar-refractivity contribution in [2.45, 2.75) is 25.7 Å². The van der Waals surface area contributed by atoms with Gasteiger partial charge in [0, 0.05) is 50.1 Å². The van der Waals surface area contributed by atoms with Crippen molar-refractivity contribution in [1.82, 2.24) is 14.3 Å². The first-order chi connectivity index (χ1) is 11.8. The summed E-state index contributed by atoms with van der Waals surface area (Å²) in [5, 5.41) is 0.988. The molecule has 126 valence electrons. The van der Waals surface area contributed by atoms with E-state index in [1.807, 2.05) is 23.1 Å². The van der Waals surface area contributed by atoms with Gasteiger partial charge < -0.3 is 9.80 Å². The molecule has 0 spiro atoms. The van der Waals surface area contributed by atoms with Gasteiger partial charge in [-0.25, -0.2) is 4.98 Å². The summed E-state index contributed by atoms with van der Waals surface area (Å²) in [6, 6.07) is 10.3. The molecule has 0 unspecified atom stereocenters. The van der Waals surface area contributed by atoms with E-state index in [-0.39, 0.29) is 0 Å². The van der Waals surface area contributed by atoms with Crippen molar-refractivity contribution in [3.63, 3.8) is 0 Å². The van der Waals surface area contributed by atoms with E-state index in [0.29, 0.717) is 11.8 Å². The lowest BCUT2D eigenvalue weighted by molar-refractivity contribution is -0.132. The smallest absolute Gasteiger partial charge is 0.225 e. The van der Waals surface area contributed by atoms with Gasteiger partial charge in [0.15, 0.2) is 0 Å². The largest absolute Gasteiger partial charge is 0.345 e. The summed E-state index contributed by atoms with van der Waals surface area (Å²) in [7, 11) is 0. The Morgan fingerprint density at radius 3 is 2.75 bits per heavy atom. The predicted octanol–water partition coefficient (Wildman–Crippen LogP) is 2.58. The topological polar surface area (TPSA) is 49.3 Å². The van der Waals surface area contributed by atoms with Crippen LogP contribution in [0.3, 0.4) is 0 Å². The number of benzene rings is 1. The fraction of sp³-hybridized carbons (Fsp3) is 0.500. The van der Waals surface area contributed by atoms with Gasteiger partial charge in [-0.1, -0.05) is 30.3 Å². The van der Waals surface area contributed by atoms with E-state index in [4.69, 9.17) is 4.98 Å². The lowest BCUT2D eigenvalue weighted by atomic mass is 10.1. The summed E-state index contributed by atoms with van der Waals surface area (Å²) >= 11 is 1.47. The van der Waals surface area contributed by atoms with Gasteiger partial charge in [0.2, 0.25) is 11.0 Å². The minimum Gasteiger partial charge on any atom is -0.345 e. The van der Waals surface area contributed by atoms with Gasteiger partial charge in [0.1, 0.15) is 5.82 Å². The number of hydrogen-bond acceptors (Lipinski definition) is 5. The second-order valence-electron chi connectivity index (χ2n) is 6.60. The molecule has 0 atom stereocenters. The molecule has 2 heterocycles. The Hall–Kier alpha value is -1.95. The Morgan fingerprint density at radius 1 is 1.12 bits per heavy atom. The molecule has 6 heteroatoms. The summed E-state index contributed by atoms with van der Waals surface area (Å²) in [5.41, 5.74) is 1.24. The van der Waals surface area contributed by atoms with E-state index in [1.54, 1.807) is 0 Å². The normalized spacial score (nSPS) is 18.5. The van der Waals surface area contributed by atoms with Crippen LogP contribution in [0.25, 0.3) is 0 Å². The zero-order valence-electron chi connectivity index (χ0n) is 13.7. The van der Waals surface area contributed by atoms with Crippen LogP contribution in [-0.2, 0) is 11.2 Å².